The molecule has 0 radical (unpaired) electrons. The maximum Gasteiger partial charge on any atom is 0.109 e. The van der Waals surface area contributed by atoms with Gasteiger partial charge in [-0.3, -0.25) is 0 Å². The molecule has 1 saturated carbocycles. The standard InChI is InChI=1S/C23H26N2/c1-17-18-12-13-22(17)25-21(14-18)15-23(16-24,19-8-4-2-5-9-19)20-10-6-3-7-11-20/h2-11,17-18,21-22,25H,12-15H2,1H3. The van der Waals surface area contributed by atoms with E-state index in [-0.39, 0.29) is 0 Å². The fraction of sp³-hybridized carbons (Fsp3) is 0.435. The topological polar surface area (TPSA) is 35.8 Å². The molecule has 1 aliphatic heterocycles. The van der Waals surface area contributed by atoms with Gasteiger partial charge in [0.25, 0.3) is 0 Å². The van der Waals surface area contributed by atoms with E-state index in [1.165, 1.54) is 19.3 Å². The second kappa shape index (κ2) is 6.65. The van der Waals surface area contributed by atoms with E-state index in [0.29, 0.717) is 12.1 Å². The van der Waals surface area contributed by atoms with E-state index in [9.17, 15) is 5.26 Å². The van der Waals surface area contributed by atoms with Gasteiger partial charge in [0.2, 0.25) is 0 Å². The van der Waals surface area contributed by atoms with Crippen molar-refractivity contribution in [3.8, 4) is 6.07 Å². The van der Waals surface area contributed by atoms with E-state index in [1.807, 2.05) is 36.4 Å². The molecule has 2 nitrogen and oxygen atoms in total. The Bertz CT molecular complexity index is 693. The Morgan fingerprint density at radius 3 is 2.12 bits per heavy atom. The lowest BCUT2D eigenvalue weighted by Gasteiger charge is -2.39. The van der Waals surface area contributed by atoms with E-state index in [2.05, 4.69) is 42.6 Å². The van der Waals surface area contributed by atoms with Gasteiger partial charge in [0.15, 0.2) is 0 Å². The summed E-state index contributed by atoms with van der Waals surface area (Å²) in [6.07, 6.45) is 4.67. The number of piperidine rings is 1. The molecule has 2 aromatic carbocycles. The molecule has 25 heavy (non-hydrogen) atoms. The zero-order valence-electron chi connectivity index (χ0n) is 14.9. The highest BCUT2D eigenvalue weighted by Crippen LogP contribution is 2.43. The number of nitriles is 1. The molecule has 1 heterocycles. The molecule has 2 aromatic rings. The second-order valence-corrected chi connectivity index (χ2v) is 7.86. The van der Waals surface area contributed by atoms with Gasteiger partial charge in [-0.2, -0.15) is 5.26 Å². The van der Waals surface area contributed by atoms with Crippen LogP contribution in [-0.4, -0.2) is 12.1 Å². The van der Waals surface area contributed by atoms with Gasteiger partial charge in [0.1, 0.15) is 5.41 Å². The number of rotatable bonds is 4. The Balaban J connectivity index is 1.71. The SMILES string of the molecule is CC1C2CCC1NC(CC(C#N)(c1ccccc1)c1ccccc1)C2. The van der Waals surface area contributed by atoms with Gasteiger partial charge in [0, 0.05) is 12.1 Å². The molecule has 4 atom stereocenters. The van der Waals surface area contributed by atoms with Gasteiger partial charge >= 0.3 is 0 Å². The number of fused-ring (bicyclic) bond motifs is 2. The predicted molar refractivity (Wildman–Crippen MR) is 101 cm³/mol. The summed E-state index contributed by atoms with van der Waals surface area (Å²) in [6.45, 7) is 2.39. The lowest BCUT2D eigenvalue weighted by atomic mass is 9.69. The number of hydrogen-bond acceptors (Lipinski definition) is 2. The van der Waals surface area contributed by atoms with E-state index in [1.54, 1.807) is 0 Å². The molecule has 4 rings (SSSR count). The summed E-state index contributed by atoms with van der Waals surface area (Å²) in [4.78, 5) is 0. The van der Waals surface area contributed by atoms with Crippen LogP contribution < -0.4 is 5.32 Å². The molecule has 128 valence electrons. The second-order valence-electron chi connectivity index (χ2n) is 7.86. The van der Waals surface area contributed by atoms with Crippen molar-refractivity contribution in [1.29, 1.82) is 5.26 Å². The third-order valence-electron chi connectivity index (χ3n) is 6.54. The Labute approximate surface area is 150 Å². The molecule has 2 heteroatoms. The average Bonchev–Trinajstić information content (AvgIpc) is 2.88. The summed E-state index contributed by atoms with van der Waals surface area (Å²) in [6, 6.07) is 24.4. The van der Waals surface area contributed by atoms with Crippen molar-refractivity contribution in [3.63, 3.8) is 0 Å². The first kappa shape index (κ1) is 16.4. The van der Waals surface area contributed by atoms with Crippen LogP contribution in [0, 0.1) is 23.2 Å². The molecule has 2 bridgehead atoms. The highest BCUT2D eigenvalue weighted by atomic mass is 15.0. The minimum atomic E-state index is -0.583. The molecule has 1 aliphatic carbocycles. The van der Waals surface area contributed by atoms with Crippen molar-refractivity contribution < 1.29 is 0 Å². The minimum Gasteiger partial charge on any atom is -0.311 e. The quantitative estimate of drug-likeness (QED) is 0.885. The van der Waals surface area contributed by atoms with Crippen molar-refractivity contribution >= 4 is 0 Å². The fourth-order valence-corrected chi connectivity index (χ4v) is 5.09. The lowest BCUT2D eigenvalue weighted by molar-refractivity contribution is 0.210. The predicted octanol–water partition coefficient (Wildman–Crippen LogP) is 4.66. The van der Waals surface area contributed by atoms with E-state index < -0.39 is 5.41 Å². The highest BCUT2D eigenvalue weighted by molar-refractivity contribution is 5.46. The van der Waals surface area contributed by atoms with Crippen molar-refractivity contribution in [2.45, 2.75) is 50.1 Å². The number of benzene rings is 2. The summed E-state index contributed by atoms with van der Waals surface area (Å²) in [7, 11) is 0. The fourth-order valence-electron chi connectivity index (χ4n) is 5.09. The first-order valence-electron chi connectivity index (χ1n) is 9.51. The Morgan fingerprint density at radius 2 is 1.60 bits per heavy atom. The Hall–Kier alpha value is -2.11. The summed E-state index contributed by atoms with van der Waals surface area (Å²) < 4.78 is 0. The third kappa shape index (κ3) is 2.87. The van der Waals surface area contributed by atoms with E-state index >= 15 is 0 Å². The van der Waals surface area contributed by atoms with Gasteiger partial charge < -0.3 is 5.32 Å². The molecule has 0 amide bonds. The van der Waals surface area contributed by atoms with Crippen LogP contribution in [-0.2, 0) is 5.41 Å². The van der Waals surface area contributed by atoms with Gasteiger partial charge in [0.05, 0.1) is 6.07 Å². The normalized spacial score (nSPS) is 28.5. The summed E-state index contributed by atoms with van der Waals surface area (Å²) >= 11 is 0. The van der Waals surface area contributed by atoms with Crippen LogP contribution in [0.2, 0.25) is 0 Å². The van der Waals surface area contributed by atoms with Gasteiger partial charge in [-0.05, 0) is 48.6 Å². The first-order valence-corrected chi connectivity index (χ1v) is 9.51. The highest BCUT2D eigenvalue weighted by Gasteiger charge is 2.44. The minimum absolute atomic E-state index is 0.411. The van der Waals surface area contributed by atoms with Crippen molar-refractivity contribution in [2.24, 2.45) is 11.8 Å². The smallest absolute Gasteiger partial charge is 0.109 e. The maximum atomic E-state index is 10.3. The lowest BCUT2D eigenvalue weighted by Crippen LogP contribution is -2.49. The molecule has 2 aliphatic rings. The number of nitrogens with zero attached hydrogens (tertiary/aromatic N) is 1. The zero-order chi connectivity index (χ0) is 17.3. The molecule has 2 fully saturated rings. The molecule has 4 unspecified atom stereocenters. The molecular formula is C23H26N2. The van der Waals surface area contributed by atoms with Crippen LogP contribution in [0.1, 0.15) is 43.7 Å². The van der Waals surface area contributed by atoms with Gasteiger partial charge in [-0.15, -0.1) is 0 Å². The molecule has 1 N–H and O–H groups in total. The monoisotopic (exact) mass is 330 g/mol. The Morgan fingerprint density at radius 1 is 1.00 bits per heavy atom. The van der Waals surface area contributed by atoms with Crippen LogP contribution >= 0.6 is 0 Å². The van der Waals surface area contributed by atoms with Gasteiger partial charge in [-0.25, -0.2) is 0 Å². The summed E-state index contributed by atoms with van der Waals surface area (Å²) in [5.41, 5.74) is 1.63. The largest absolute Gasteiger partial charge is 0.311 e. The van der Waals surface area contributed by atoms with Crippen molar-refractivity contribution in [2.75, 3.05) is 0 Å². The van der Waals surface area contributed by atoms with Crippen molar-refractivity contribution in [1.82, 2.24) is 5.32 Å². The first-order chi connectivity index (χ1) is 12.2. The average molecular weight is 330 g/mol. The van der Waals surface area contributed by atoms with Crippen molar-refractivity contribution in [3.05, 3.63) is 71.8 Å². The van der Waals surface area contributed by atoms with Crippen LogP contribution in [0.4, 0.5) is 0 Å². The van der Waals surface area contributed by atoms with E-state index in [4.69, 9.17) is 0 Å². The summed E-state index contributed by atoms with van der Waals surface area (Å²) in [5.74, 6) is 1.60. The Kier molecular flexibility index (Phi) is 4.36. The van der Waals surface area contributed by atoms with Gasteiger partial charge in [-0.1, -0.05) is 67.6 Å². The van der Waals surface area contributed by atoms with Crippen LogP contribution in [0.5, 0.6) is 0 Å². The van der Waals surface area contributed by atoms with Crippen LogP contribution in [0.25, 0.3) is 0 Å². The molecule has 1 saturated heterocycles. The molecule has 0 aromatic heterocycles. The third-order valence-corrected chi connectivity index (χ3v) is 6.54. The van der Waals surface area contributed by atoms with Crippen LogP contribution in [0.15, 0.2) is 60.7 Å². The maximum absolute atomic E-state index is 10.3. The number of hydrogen-bond donors (Lipinski definition) is 1. The van der Waals surface area contributed by atoms with Crippen LogP contribution in [0.3, 0.4) is 0 Å². The molecule has 0 spiro atoms. The molecular weight excluding hydrogens is 304 g/mol. The van der Waals surface area contributed by atoms with E-state index in [0.717, 1.165) is 29.4 Å². The zero-order valence-corrected chi connectivity index (χ0v) is 14.9. The number of nitrogens with one attached hydrogen (secondary N) is 1. The summed E-state index contributed by atoms with van der Waals surface area (Å²) in [5, 5.41) is 14.2.